The predicted molar refractivity (Wildman–Crippen MR) is 68.9 cm³/mol. The number of rotatable bonds is 4. The monoisotopic (exact) mass is 263 g/mol. The van der Waals surface area contributed by atoms with Gasteiger partial charge in [0, 0.05) is 12.2 Å². The third kappa shape index (κ3) is 1.96. The van der Waals surface area contributed by atoms with E-state index in [0.717, 1.165) is 34.7 Å². The molecule has 0 radical (unpaired) electrons. The van der Waals surface area contributed by atoms with Crippen LogP contribution in [0.25, 0.3) is 11.2 Å². The lowest BCUT2D eigenvalue weighted by molar-refractivity contribution is -0.133. The van der Waals surface area contributed by atoms with Crippen LogP contribution < -0.4 is 0 Å². The third-order valence-corrected chi connectivity index (χ3v) is 3.92. The van der Waals surface area contributed by atoms with E-state index in [0.29, 0.717) is 6.04 Å². The molecule has 0 saturated heterocycles. The first kappa shape index (κ1) is 11.5. The maximum Gasteiger partial charge on any atom is 0.313 e. The minimum atomic E-state index is -0.820. The summed E-state index contributed by atoms with van der Waals surface area (Å²) in [7, 11) is 0. The van der Waals surface area contributed by atoms with Gasteiger partial charge in [-0.05, 0) is 31.4 Å². The maximum absolute atomic E-state index is 10.7. The van der Waals surface area contributed by atoms with Gasteiger partial charge in [0.1, 0.15) is 5.52 Å². The molecule has 5 nitrogen and oxygen atoms in total. The number of imidazole rings is 1. The molecule has 2 aromatic rings. The van der Waals surface area contributed by atoms with Crippen molar-refractivity contribution >= 4 is 28.9 Å². The van der Waals surface area contributed by atoms with Crippen molar-refractivity contribution in [2.45, 2.75) is 31.0 Å². The molecule has 0 aliphatic heterocycles. The van der Waals surface area contributed by atoms with Crippen LogP contribution in [0.1, 0.15) is 24.4 Å². The Morgan fingerprint density at radius 1 is 1.61 bits per heavy atom. The molecular formula is C12H13N3O2S. The van der Waals surface area contributed by atoms with Crippen LogP contribution in [0.2, 0.25) is 0 Å². The van der Waals surface area contributed by atoms with Crippen molar-refractivity contribution in [3.63, 3.8) is 0 Å². The standard InChI is InChI=1S/C12H13N3O2S/c1-7-4-5-13-11-10(7)14-12(18-6-9(16)17)15(11)8-2-3-8/h4-5,8H,2-3,6H2,1H3,(H,16,17). The van der Waals surface area contributed by atoms with Crippen LogP contribution in [0, 0.1) is 6.92 Å². The second-order valence-corrected chi connectivity index (χ2v) is 5.42. The topological polar surface area (TPSA) is 68.0 Å². The first-order valence-corrected chi connectivity index (χ1v) is 6.83. The summed E-state index contributed by atoms with van der Waals surface area (Å²) in [5, 5.41) is 9.55. The molecule has 1 fully saturated rings. The van der Waals surface area contributed by atoms with Crippen LogP contribution in [0.3, 0.4) is 0 Å². The molecule has 0 unspecified atom stereocenters. The Labute approximate surface area is 108 Å². The normalized spacial score (nSPS) is 15.2. The molecule has 0 spiro atoms. The number of carbonyl (C=O) groups is 1. The summed E-state index contributed by atoms with van der Waals surface area (Å²) < 4.78 is 2.09. The van der Waals surface area contributed by atoms with Crippen LogP contribution in [0.15, 0.2) is 17.4 Å². The van der Waals surface area contributed by atoms with Crippen molar-refractivity contribution in [2.24, 2.45) is 0 Å². The number of nitrogens with zero attached hydrogens (tertiary/aromatic N) is 3. The molecule has 6 heteroatoms. The van der Waals surface area contributed by atoms with Crippen LogP contribution in [0.5, 0.6) is 0 Å². The molecule has 0 bridgehead atoms. The summed E-state index contributed by atoms with van der Waals surface area (Å²) in [6.07, 6.45) is 4.04. The molecule has 1 saturated carbocycles. The quantitative estimate of drug-likeness (QED) is 0.857. The van der Waals surface area contributed by atoms with E-state index in [9.17, 15) is 4.79 Å². The molecule has 1 N–H and O–H groups in total. The average molecular weight is 263 g/mol. The number of aliphatic carboxylic acids is 1. The molecule has 0 amide bonds. The first-order valence-electron chi connectivity index (χ1n) is 5.85. The second kappa shape index (κ2) is 4.28. The molecular weight excluding hydrogens is 250 g/mol. The Morgan fingerprint density at radius 2 is 2.39 bits per heavy atom. The largest absolute Gasteiger partial charge is 0.481 e. The Bertz CT molecular complexity index is 619. The fourth-order valence-electron chi connectivity index (χ4n) is 1.98. The van der Waals surface area contributed by atoms with E-state index in [1.807, 2.05) is 13.0 Å². The number of thioether (sulfide) groups is 1. The molecule has 0 aromatic carbocycles. The second-order valence-electron chi connectivity index (χ2n) is 4.48. The zero-order valence-electron chi connectivity index (χ0n) is 9.96. The molecule has 94 valence electrons. The van der Waals surface area contributed by atoms with Gasteiger partial charge < -0.3 is 9.67 Å². The minimum absolute atomic E-state index is 0.0368. The van der Waals surface area contributed by atoms with Crippen LogP contribution in [0.4, 0.5) is 0 Å². The number of hydrogen-bond donors (Lipinski definition) is 1. The Morgan fingerprint density at radius 3 is 3.06 bits per heavy atom. The summed E-state index contributed by atoms with van der Waals surface area (Å²) in [6.45, 7) is 2.00. The molecule has 1 aliphatic rings. The summed E-state index contributed by atoms with van der Waals surface area (Å²) in [4.78, 5) is 19.6. The molecule has 3 rings (SSSR count). The maximum atomic E-state index is 10.7. The van der Waals surface area contributed by atoms with Crippen LogP contribution in [-0.2, 0) is 4.79 Å². The zero-order valence-corrected chi connectivity index (χ0v) is 10.8. The molecule has 2 heterocycles. The smallest absolute Gasteiger partial charge is 0.313 e. The van der Waals surface area contributed by atoms with E-state index >= 15 is 0 Å². The zero-order chi connectivity index (χ0) is 12.7. The lowest BCUT2D eigenvalue weighted by Crippen LogP contribution is -2.02. The molecule has 1 aliphatic carbocycles. The van der Waals surface area contributed by atoms with E-state index in [1.165, 1.54) is 11.8 Å². The molecule has 18 heavy (non-hydrogen) atoms. The fraction of sp³-hybridized carbons (Fsp3) is 0.417. The summed E-state index contributed by atoms with van der Waals surface area (Å²) >= 11 is 1.27. The van der Waals surface area contributed by atoms with Gasteiger partial charge in [0.25, 0.3) is 0 Å². The van der Waals surface area contributed by atoms with Crippen molar-refractivity contribution in [1.29, 1.82) is 0 Å². The summed E-state index contributed by atoms with van der Waals surface area (Å²) in [5.74, 6) is -0.783. The van der Waals surface area contributed by atoms with Gasteiger partial charge in [-0.3, -0.25) is 4.79 Å². The highest BCUT2D eigenvalue weighted by Gasteiger charge is 2.29. The van der Waals surface area contributed by atoms with Crippen molar-refractivity contribution in [2.75, 3.05) is 5.75 Å². The number of aryl methyl sites for hydroxylation is 1. The number of carboxylic acid groups (broad SMARTS) is 1. The summed E-state index contributed by atoms with van der Waals surface area (Å²) in [5.41, 5.74) is 2.85. The minimum Gasteiger partial charge on any atom is -0.481 e. The van der Waals surface area contributed by atoms with Crippen LogP contribution in [-0.4, -0.2) is 31.4 Å². The Balaban J connectivity index is 2.08. The lowest BCUT2D eigenvalue weighted by Gasteiger charge is -2.04. The van der Waals surface area contributed by atoms with Gasteiger partial charge in [0.15, 0.2) is 10.8 Å². The lowest BCUT2D eigenvalue weighted by atomic mass is 10.3. The van der Waals surface area contributed by atoms with Gasteiger partial charge in [-0.15, -0.1) is 0 Å². The molecule has 2 aromatic heterocycles. The van der Waals surface area contributed by atoms with Gasteiger partial charge in [0.2, 0.25) is 0 Å². The number of hydrogen-bond acceptors (Lipinski definition) is 4. The van der Waals surface area contributed by atoms with E-state index in [2.05, 4.69) is 14.5 Å². The van der Waals surface area contributed by atoms with Gasteiger partial charge in [-0.1, -0.05) is 11.8 Å². The number of carboxylic acids is 1. The highest BCUT2D eigenvalue weighted by molar-refractivity contribution is 7.99. The Kier molecular flexibility index (Phi) is 2.74. The van der Waals surface area contributed by atoms with Gasteiger partial charge in [-0.2, -0.15) is 0 Å². The van der Waals surface area contributed by atoms with E-state index in [1.54, 1.807) is 6.20 Å². The third-order valence-electron chi connectivity index (χ3n) is 2.99. The Hall–Kier alpha value is -1.56. The number of aromatic nitrogens is 3. The van der Waals surface area contributed by atoms with E-state index in [4.69, 9.17) is 5.11 Å². The highest BCUT2D eigenvalue weighted by Crippen LogP contribution is 2.40. The van der Waals surface area contributed by atoms with Crippen molar-refractivity contribution < 1.29 is 9.90 Å². The predicted octanol–water partition coefficient (Wildman–Crippen LogP) is 2.25. The SMILES string of the molecule is Cc1ccnc2c1nc(SCC(=O)O)n2C1CC1. The summed E-state index contributed by atoms with van der Waals surface area (Å²) in [6, 6.07) is 2.37. The fourth-order valence-corrected chi connectivity index (χ4v) is 2.76. The highest BCUT2D eigenvalue weighted by atomic mass is 32.2. The van der Waals surface area contributed by atoms with Crippen molar-refractivity contribution in [3.05, 3.63) is 17.8 Å². The van der Waals surface area contributed by atoms with Crippen LogP contribution >= 0.6 is 11.8 Å². The molecule has 0 atom stereocenters. The number of fused-ring (bicyclic) bond motifs is 1. The first-order chi connectivity index (χ1) is 8.66. The average Bonchev–Trinajstić information content (AvgIpc) is 3.08. The van der Waals surface area contributed by atoms with Gasteiger partial charge in [0.05, 0.1) is 5.75 Å². The van der Waals surface area contributed by atoms with Gasteiger partial charge >= 0.3 is 5.97 Å². The number of pyridine rings is 1. The van der Waals surface area contributed by atoms with E-state index in [-0.39, 0.29) is 5.75 Å². The van der Waals surface area contributed by atoms with Crippen molar-refractivity contribution in [3.8, 4) is 0 Å². The van der Waals surface area contributed by atoms with Crippen molar-refractivity contribution in [1.82, 2.24) is 14.5 Å². The van der Waals surface area contributed by atoms with E-state index < -0.39 is 5.97 Å². The van der Waals surface area contributed by atoms with Gasteiger partial charge in [-0.25, -0.2) is 9.97 Å².